The van der Waals surface area contributed by atoms with Crippen LogP contribution in [-0.4, -0.2) is 26.1 Å². The molecule has 3 rings (SSSR count). The lowest BCUT2D eigenvalue weighted by molar-refractivity contribution is 0.102. The molecule has 0 aliphatic heterocycles. The van der Waals surface area contributed by atoms with Gasteiger partial charge in [-0.3, -0.25) is 9.20 Å². The van der Waals surface area contributed by atoms with Crippen LogP contribution in [0.15, 0.2) is 53.8 Å². The number of ketones is 1. The third-order valence-electron chi connectivity index (χ3n) is 3.51. The highest BCUT2D eigenvalue weighted by molar-refractivity contribution is 7.99. The predicted molar refractivity (Wildman–Crippen MR) is 88.6 cm³/mol. The van der Waals surface area contributed by atoms with Crippen molar-refractivity contribution in [1.82, 2.24) is 14.6 Å². The number of thioether (sulfide) groups is 1. The zero-order chi connectivity index (χ0) is 15.5. The molecule has 3 aromatic rings. The van der Waals surface area contributed by atoms with E-state index >= 15 is 0 Å². The van der Waals surface area contributed by atoms with E-state index in [4.69, 9.17) is 0 Å². The minimum Gasteiger partial charge on any atom is -0.293 e. The normalized spacial score (nSPS) is 11.2. The number of hydrogen-bond acceptors (Lipinski definition) is 4. The smallest absolute Gasteiger partial charge is 0.196 e. The quantitative estimate of drug-likeness (QED) is 0.531. The number of hydrogen-bond donors (Lipinski definition) is 0. The Labute approximate surface area is 133 Å². The van der Waals surface area contributed by atoms with Gasteiger partial charge in [0.15, 0.2) is 16.6 Å². The van der Waals surface area contributed by atoms with Gasteiger partial charge in [0, 0.05) is 11.8 Å². The van der Waals surface area contributed by atoms with Crippen LogP contribution in [0.25, 0.3) is 5.65 Å². The Balaban J connectivity index is 1.69. The zero-order valence-electron chi connectivity index (χ0n) is 12.6. The van der Waals surface area contributed by atoms with E-state index in [1.54, 1.807) is 0 Å². The number of pyridine rings is 1. The van der Waals surface area contributed by atoms with E-state index in [1.807, 2.05) is 53.1 Å². The first-order valence-corrected chi connectivity index (χ1v) is 8.19. The Morgan fingerprint density at radius 1 is 1.14 bits per heavy atom. The Hall–Kier alpha value is -2.14. The van der Waals surface area contributed by atoms with Gasteiger partial charge >= 0.3 is 0 Å². The highest BCUT2D eigenvalue weighted by atomic mass is 32.2. The number of Topliss-reactive ketones (excluding diaryl/α,β-unsaturated/α-hetero) is 1. The largest absolute Gasteiger partial charge is 0.293 e. The molecular weight excluding hydrogens is 294 g/mol. The van der Waals surface area contributed by atoms with E-state index in [2.05, 4.69) is 24.0 Å². The van der Waals surface area contributed by atoms with Crippen molar-refractivity contribution in [2.24, 2.45) is 0 Å². The van der Waals surface area contributed by atoms with Crippen LogP contribution in [0.2, 0.25) is 0 Å². The van der Waals surface area contributed by atoms with Crippen LogP contribution in [0.1, 0.15) is 35.7 Å². The molecule has 0 saturated carbocycles. The highest BCUT2D eigenvalue weighted by Gasteiger charge is 2.11. The summed E-state index contributed by atoms with van der Waals surface area (Å²) in [6.45, 7) is 4.28. The molecule has 0 bridgehead atoms. The molecular formula is C17H17N3OS. The van der Waals surface area contributed by atoms with Gasteiger partial charge in [-0.2, -0.15) is 0 Å². The van der Waals surface area contributed by atoms with Crippen LogP contribution in [0.5, 0.6) is 0 Å². The van der Waals surface area contributed by atoms with Gasteiger partial charge in [0.1, 0.15) is 0 Å². The second-order valence-corrected chi connectivity index (χ2v) is 6.34. The Kier molecular flexibility index (Phi) is 4.24. The lowest BCUT2D eigenvalue weighted by atomic mass is 10.0. The zero-order valence-corrected chi connectivity index (χ0v) is 13.4. The molecule has 0 atom stereocenters. The lowest BCUT2D eigenvalue weighted by Gasteiger charge is -2.06. The maximum atomic E-state index is 12.3. The fourth-order valence-electron chi connectivity index (χ4n) is 2.19. The Morgan fingerprint density at radius 2 is 1.91 bits per heavy atom. The lowest BCUT2D eigenvalue weighted by Crippen LogP contribution is -2.03. The summed E-state index contributed by atoms with van der Waals surface area (Å²) in [6.07, 6.45) is 1.90. The third-order valence-corrected chi connectivity index (χ3v) is 4.46. The molecule has 0 aliphatic rings. The first-order valence-electron chi connectivity index (χ1n) is 7.21. The molecule has 0 saturated heterocycles. The van der Waals surface area contributed by atoms with E-state index in [-0.39, 0.29) is 5.78 Å². The van der Waals surface area contributed by atoms with Crippen LogP contribution in [-0.2, 0) is 0 Å². The van der Waals surface area contributed by atoms with E-state index in [1.165, 1.54) is 17.3 Å². The number of rotatable bonds is 5. The van der Waals surface area contributed by atoms with Crippen LogP contribution in [0.4, 0.5) is 0 Å². The number of carbonyl (C=O) groups excluding carboxylic acids is 1. The Bertz CT molecular complexity index is 793. The van der Waals surface area contributed by atoms with Gasteiger partial charge in [0.05, 0.1) is 5.75 Å². The Morgan fingerprint density at radius 3 is 2.64 bits per heavy atom. The second-order valence-electron chi connectivity index (χ2n) is 5.40. The van der Waals surface area contributed by atoms with Crippen LogP contribution < -0.4 is 0 Å². The second kappa shape index (κ2) is 6.32. The topological polar surface area (TPSA) is 47.3 Å². The molecule has 1 aromatic carbocycles. The number of fused-ring (bicyclic) bond motifs is 1. The van der Waals surface area contributed by atoms with Crippen LogP contribution in [0, 0.1) is 0 Å². The summed E-state index contributed by atoms with van der Waals surface area (Å²) in [7, 11) is 0. The van der Waals surface area contributed by atoms with Crippen molar-refractivity contribution in [2.45, 2.75) is 24.9 Å². The molecule has 0 unspecified atom stereocenters. The molecule has 0 fully saturated rings. The maximum Gasteiger partial charge on any atom is 0.196 e. The van der Waals surface area contributed by atoms with E-state index < -0.39 is 0 Å². The monoisotopic (exact) mass is 311 g/mol. The van der Waals surface area contributed by atoms with Gasteiger partial charge in [-0.25, -0.2) is 0 Å². The van der Waals surface area contributed by atoms with Crippen LogP contribution in [0.3, 0.4) is 0 Å². The molecule has 5 heteroatoms. The first kappa shape index (κ1) is 14.8. The average Bonchev–Trinajstić information content (AvgIpc) is 2.96. The van der Waals surface area contributed by atoms with Crippen molar-refractivity contribution in [3.8, 4) is 0 Å². The van der Waals surface area contributed by atoms with E-state index in [9.17, 15) is 4.79 Å². The number of nitrogens with zero attached hydrogens (tertiary/aromatic N) is 3. The maximum absolute atomic E-state index is 12.3. The molecule has 0 spiro atoms. The third kappa shape index (κ3) is 3.04. The number of carbonyl (C=O) groups is 1. The summed E-state index contributed by atoms with van der Waals surface area (Å²) in [5.74, 6) is 0.936. The molecule has 0 N–H and O–H groups in total. The van der Waals surface area contributed by atoms with Gasteiger partial charge in [-0.05, 0) is 23.6 Å². The molecule has 22 heavy (non-hydrogen) atoms. The van der Waals surface area contributed by atoms with E-state index in [0.717, 1.165) is 16.4 Å². The standard InChI is InChI=1S/C17H17N3OS/c1-12(2)13-6-8-14(9-7-13)15(21)11-22-17-19-18-16-5-3-4-10-20(16)17/h3-10,12H,11H2,1-2H3. The minimum atomic E-state index is 0.105. The van der Waals surface area contributed by atoms with Crippen molar-refractivity contribution in [2.75, 3.05) is 5.75 Å². The van der Waals surface area contributed by atoms with Gasteiger partial charge in [-0.15, -0.1) is 10.2 Å². The van der Waals surface area contributed by atoms with Crippen molar-refractivity contribution in [3.05, 3.63) is 59.8 Å². The average molecular weight is 311 g/mol. The summed E-state index contributed by atoms with van der Waals surface area (Å²) in [5, 5.41) is 8.94. The first-order chi connectivity index (χ1) is 10.6. The van der Waals surface area contributed by atoms with Crippen molar-refractivity contribution >= 4 is 23.2 Å². The summed E-state index contributed by atoms with van der Waals surface area (Å²) in [6, 6.07) is 13.6. The molecule has 2 aromatic heterocycles. The molecule has 2 heterocycles. The summed E-state index contributed by atoms with van der Waals surface area (Å²) >= 11 is 1.41. The highest BCUT2D eigenvalue weighted by Crippen LogP contribution is 2.19. The van der Waals surface area contributed by atoms with Gasteiger partial charge in [0.25, 0.3) is 0 Å². The molecule has 0 amide bonds. The fourth-order valence-corrected chi connectivity index (χ4v) is 3.00. The minimum absolute atomic E-state index is 0.105. The number of aromatic nitrogens is 3. The summed E-state index contributed by atoms with van der Waals surface area (Å²) in [5.41, 5.74) is 2.78. The predicted octanol–water partition coefficient (Wildman–Crippen LogP) is 3.83. The molecule has 4 nitrogen and oxygen atoms in total. The van der Waals surface area contributed by atoms with E-state index in [0.29, 0.717) is 11.7 Å². The number of benzene rings is 1. The summed E-state index contributed by atoms with van der Waals surface area (Å²) in [4.78, 5) is 12.3. The molecule has 112 valence electrons. The van der Waals surface area contributed by atoms with Crippen molar-refractivity contribution < 1.29 is 4.79 Å². The SMILES string of the molecule is CC(C)c1ccc(C(=O)CSc2nnc3ccccn23)cc1. The van der Waals surface area contributed by atoms with Crippen molar-refractivity contribution in [1.29, 1.82) is 0 Å². The van der Waals surface area contributed by atoms with Gasteiger partial charge in [-0.1, -0.05) is 55.9 Å². The van der Waals surface area contributed by atoms with Crippen LogP contribution >= 0.6 is 11.8 Å². The van der Waals surface area contributed by atoms with Gasteiger partial charge in [0.2, 0.25) is 0 Å². The van der Waals surface area contributed by atoms with Gasteiger partial charge < -0.3 is 0 Å². The summed E-state index contributed by atoms with van der Waals surface area (Å²) < 4.78 is 1.89. The molecule has 0 radical (unpaired) electrons. The fraction of sp³-hybridized carbons (Fsp3) is 0.235. The molecule has 0 aliphatic carbocycles. The van der Waals surface area contributed by atoms with Crippen molar-refractivity contribution in [3.63, 3.8) is 0 Å².